The minimum atomic E-state index is -1.34. The molecule has 2 heterocycles. The molecule has 8 heteroatoms. The highest BCUT2D eigenvalue weighted by Crippen LogP contribution is 2.34. The summed E-state index contributed by atoms with van der Waals surface area (Å²) in [6.07, 6.45) is -1.34. The molecule has 7 nitrogen and oxygen atoms in total. The summed E-state index contributed by atoms with van der Waals surface area (Å²) in [5.74, 6) is -1.03. The first-order valence-electron chi connectivity index (χ1n) is 12.9. The maximum absolute atomic E-state index is 13.6. The second kappa shape index (κ2) is 10.2. The van der Waals surface area contributed by atoms with Crippen molar-refractivity contribution < 1.29 is 19.5 Å². The number of aliphatic hydroxyl groups is 1. The van der Waals surface area contributed by atoms with E-state index in [1.807, 2.05) is 53.4 Å². The van der Waals surface area contributed by atoms with Crippen LogP contribution in [0.25, 0.3) is 10.8 Å². The molecule has 0 radical (unpaired) electrons. The van der Waals surface area contributed by atoms with Gasteiger partial charge in [0, 0.05) is 36.8 Å². The van der Waals surface area contributed by atoms with Gasteiger partial charge in [-0.2, -0.15) is 0 Å². The Labute approximate surface area is 230 Å². The number of aliphatic hydroxyl groups excluding tert-OH is 1. The van der Waals surface area contributed by atoms with E-state index in [4.69, 9.17) is 11.6 Å². The van der Waals surface area contributed by atoms with Crippen molar-refractivity contribution >= 4 is 45.8 Å². The van der Waals surface area contributed by atoms with Gasteiger partial charge in [0.2, 0.25) is 0 Å². The average molecular weight is 540 g/mol. The van der Waals surface area contributed by atoms with Crippen molar-refractivity contribution in [1.29, 1.82) is 0 Å². The van der Waals surface area contributed by atoms with Crippen molar-refractivity contribution in [2.45, 2.75) is 12.6 Å². The van der Waals surface area contributed by atoms with Gasteiger partial charge in [0.1, 0.15) is 0 Å². The molecule has 4 aromatic carbocycles. The largest absolute Gasteiger partial charge is 0.378 e. The minimum absolute atomic E-state index is 0.190. The predicted molar refractivity (Wildman–Crippen MR) is 150 cm³/mol. The molecule has 6 rings (SSSR count). The molecule has 196 valence electrons. The van der Waals surface area contributed by atoms with E-state index in [-0.39, 0.29) is 18.4 Å². The van der Waals surface area contributed by atoms with E-state index in [1.54, 1.807) is 41.3 Å². The Kier molecular flexibility index (Phi) is 6.54. The summed E-state index contributed by atoms with van der Waals surface area (Å²) < 4.78 is 0. The van der Waals surface area contributed by atoms with Crippen LogP contribution in [-0.2, 0) is 11.3 Å². The lowest BCUT2D eigenvalue weighted by atomic mass is 10.0. The van der Waals surface area contributed by atoms with E-state index in [9.17, 15) is 19.5 Å². The lowest BCUT2D eigenvalue weighted by molar-refractivity contribution is -0.140. The fraction of sp³-hybridized carbons (Fsp3) is 0.194. The van der Waals surface area contributed by atoms with Crippen molar-refractivity contribution in [3.8, 4) is 0 Å². The Bertz CT molecular complexity index is 1610. The number of carbonyl (C=O) groups excluding carboxylic acids is 3. The number of fused-ring (bicyclic) bond motifs is 2. The molecule has 0 bridgehead atoms. The van der Waals surface area contributed by atoms with Crippen LogP contribution in [0, 0.1) is 0 Å². The number of amides is 3. The minimum Gasteiger partial charge on any atom is -0.378 e. The highest BCUT2D eigenvalue weighted by atomic mass is 35.5. The van der Waals surface area contributed by atoms with E-state index < -0.39 is 12.0 Å². The summed E-state index contributed by atoms with van der Waals surface area (Å²) >= 11 is 6.17. The summed E-state index contributed by atoms with van der Waals surface area (Å²) in [5, 5.41) is 13.0. The first-order valence-corrected chi connectivity index (χ1v) is 13.2. The predicted octanol–water partition coefficient (Wildman–Crippen LogP) is 4.67. The number of rotatable bonds is 5. The second-order valence-corrected chi connectivity index (χ2v) is 10.2. The number of benzene rings is 4. The van der Waals surface area contributed by atoms with Gasteiger partial charge in [-0.3, -0.25) is 19.3 Å². The number of imide groups is 1. The van der Waals surface area contributed by atoms with Gasteiger partial charge in [0.25, 0.3) is 17.7 Å². The summed E-state index contributed by atoms with van der Waals surface area (Å²) in [4.78, 5) is 44.9. The molecule has 1 fully saturated rings. The maximum Gasteiger partial charge on any atom is 0.263 e. The number of anilines is 1. The van der Waals surface area contributed by atoms with Gasteiger partial charge in [-0.25, -0.2) is 0 Å². The molecule has 0 aromatic heterocycles. The molecule has 2 aliphatic heterocycles. The van der Waals surface area contributed by atoms with Gasteiger partial charge in [0.05, 0.1) is 23.4 Å². The molecule has 0 aliphatic carbocycles. The van der Waals surface area contributed by atoms with Gasteiger partial charge in [-0.1, -0.05) is 78.3 Å². The van der Waals surface area contributed by atoms with Gasteiger partial charge in [-0.15, -0.1) is 0 Å². The fourth-order valence-corrected chi connectivity index (χ4v) is 5.73. The Morgan fingerprint density at radius 3 is 2.31 bits per heavy atom. The van der Waals surface area contributed by atoms with Crippen LogP contribution >= 0.6 is 11.6 Å². The molecule has 4 aromatic rings. The first kappa shape index (κ1) is 25.1. The molecule has 0 saturated carbocycles. The number of hydrogen-bond donors (Lipinski definition) is 1. The molecular formula is C31H26ClN3O4. The van der Waals surface area contributed by atoms with Gasteiger partial charge in [0.15, 0.2) is 6.10 Å². The van der Waals surface area contributed by atoms with E-state index in [0.717, 1.165) is 16.3 Å². The van der Waals surface area contributed by atoms with Gasteiger partial charge in [-0.05, 0) is 34.5 Å². The van der Waals surface area contributed by atoms with Crippen molar-refractivity contribution in [1.82, 2.24) is 9.80 Å². The fourth-order valence-electron chi connectivity index (χ4n) is 5.49. The van der Waals surface area contributed by atoms with Crippen LogP contribution in [0.15, 0.2) is 84.9 Å². The summed E-state index contributed by atoms with van der Waals surface area (Å²) in [7, 11) is 0. The van der Waals surface area contributed by atoms with Crippen LogP contribution in [-0.4, -0.2) is 58.8 Å². The van der Waals surface area contributed by atoms with Crippen LogP contribution in [0.1, 0.15) is 37.9 Å². The number of hydrogen-bond acceptors (Lipinski definition) is 5. The molecule has 0 spiro atoms. The Morgan fingerprint density at radius 1 is 0.821 bits per heavy atom. The highest BCUT2D eigenvalue weighted by Gasteiger charge is 2.39. The molecule has 3 amide bonds. The average Bonchev–Trinajstić information content (AvgIpc) is 3.22. The summed E-state index contributed by atoms with van der Waals surface area (Å²) in [6, 6.07) is 25.9. The van der Waals surface area contributed by atoms with Crippen molar-refractivity contribution in [2.24, 2.45) is 0 Å². The molecule has 1 unspecified atom stereocenters. The highest BCUT2D eigenvalue weighted by molar-refractivity contribution is 6.31. The van der Waals surface area contributed by atoms with Crippen molar-refractivity contribution in [3.05, 3.63) is 112 Å². The molecule has 2 aliphatic rings. The summed E-state index contributed by atoms with van der Waals surface area (Å²) in [5.41, 5.74) is 2.77. The SMILES string of the molecule is O=C(C(O)c1ccccc1Cl)N1CCN(c2cccc3c2C(=O)N(Cc2cccc4ccccc24)C3=O)CC1. The first-order chi connectivity index (χ1) is 18.9. The Morgan fingerprint density at radius 2 is 1.51 bits per heavy atom. The zero-order valence-electron chi connectivity index (χ0n) is 21.1. The Balaban J connectivity index is 1.20. The van der Waals surface area contributed by atoms with Crippen molar-refractivity contribution in [2.75, 3.05) is 31.1 Å². The van der Waals surface area contributed by atoms with E-state index in [2.05, 4.69) is 0 Å². The number of halogens is 1. The third-order valence-electron chi connectivity index (χ3n) is 7.55. The third kappa shape index (κ3) is 4.43. The smallest absolute Gasteiger partial charge is 0.263 e. The second-order valence-electron chi connectivity index (χ2n) is 9.77. The van der Waals surface area contributed by atoms with Crippen LogP contribution in [0.2, 0.25) is 5.02 Å². The standard InChI is InChI=1S/C31H26ClN3O4/c32-25-13-4-3-11-23(25)28(36)31(39)34-17-15-33(16-18-34)26-14-6-12-24-27(26)30(38)35(29(24)37)19-21-9-5-8-20-7-1-2-10-22(20)21/h1-14,28,36H,15-19H2. The lowest BCUT2D eigenvalue weighted by Gasteiger charge is -2.37. The van der Waals surface area contributed by atoms with Crippen LogP contribution in [0.4, 0.5) is 5.69 Å². The molecule has 1 atom stereocenters. The van der Waals surface area contributed by atoms with Crippen LogP contribution < -0.4 is 4.90 Å². The Hall–Kier alpha value is -4.20. The number of nitrogens with zero attached hydrogens (tertiary/aromatic N) is 3. The third-order valence-corrected chi connectivity index (χ3v) is 7.90. The zero-order valence-corrected chi connectivity index (χ0v) is 21.8. The summed E-state index contributed by atoms with van der Waals surface area (Å²) in [6.45, 7) is 1.84. The molecule has 1 saturated heterocycles. The van der Waals surface area contributed by atoms with Crippen LogP contribution in [0.5, 0.6) is 0 Å². The molecular weight excluding hydrogens is 514 g/mol. The van der Waals surface area contributed by atoms with Gasteiger partial charge >= 0.3 is 0 Å². The topological polar surface area (TPSA) is 81.2 Å². The maximum atomic E-state index is 13.6. The van der Waals surface area contributed by atoms with E-state index >= 15 is 0 Å². The monoisotopic (exact) mass is 539 g/mol. The molecule has 39 heavy (non-hydrogen) atoms. The normalized spacial score (nSPS) is 16.1. The zero-order chi connectivity index (χ0) is 27.1. The molecule has 1 N–H and O–H groups in total. The van der Waals surface area contributed by atoms with E-state index in [0.29, 0.717) is 53.6 Å². The quantitative estimate of drug-likeness (QED) is 0.373. The number of piperazine rings is 1. The number of carbonyl (C=O) groups is 3. The van der Waals surface area contributed by atoms with Gasteiger partial charge < -0.3 is 14.9 Å². The lowest BCUT2D eigenvalue weighted by Crippen LogP contribution is -2.50. The van der Waals surface area contributed by atoms with E-state index in [1.165, 1.54) is 4.90 Å². The van der Waals surface area contributed by atoms with Crippen LogP contribution in [0.3, 0.4) is 0 Å². The van der Waals surface area contributed by atoms with Crippen molar-refractivity contribution in [3.63, 3.8) is 0 Å².